The number of benzene rings is 1. The van der Waals surface area contributed by atoms with Gasteiger partial charge in [0.05, 0.1) is 11.9 Å². The molecule has 1 fully saturated rings. The van der Waals surface area contributed by atoms with E-state index >= 15 is 0 Å². The Morgan fingerprint density at radius 3 is 2.70 bits per heavy atom. The van der Waals surface area contributed by atoms with Crippen LogP contribution >= 0.6 is 12.4 Å². The molecule has 0 saturated carbocycles. The monoisotopic (exact) mass is 334 g/mol. The Morgan fingerprint density at radius 2 is 2.09 bits per heavy atom. The average molecular weight is 335 g/mol. The average Bonchev–Trinajstić information content (AvgIpc) is 2.94. The molecule has 0 aliphatic carbocycles. The third kappa shape index (κ3) is 3.92. The molecule has 1 unspecified atom stereocenters. The topological polar surface area (TPSA) is 50.2 Å². The van der Waals surface area contributed by atoms with E-state index in [0.717, 1.165) is 24.3 Å². The maximum Gasteiger partial charge on any atom is 0.225 e. The molecule has 6 heteroatoms. The van der Waals surface area contributed by atoms with Crippen LogP contribution in [0.25, 0.3) is 5.69 Å². The maximum absolute atomic E-state index is 12.4. The third-order valence-corrected chi connectivity index (χ3v) is 4.36. The zero-order valence-electron chi connectivity index (χ0n) is 13.5. The molecule has 1 aromatic carbocycles. The summed E-state index contributed by atoms with van der Waals surface area (Å²) in [6.07, 6.45) is 3.81. The number of aromatic nitrogens is 2. The van der Waals surface area contributed by atoms with Crippen LogP contribution in [0.15, 0.2) is 42.7 Å². The van der Waals surface area contributed by atoms with Crippen molar-refractivity contribution in [2.75, 3.05) is 20.1 Å². The minimum atomic E-state index is 0. The minimum Gasteiger partial charge on any atom is -0.341 e. The largest absolute Gasteiger partial charge is 0.341 e. The molecule has 5 nitrogen and oxygen atoms in total. The second-order valence-corrected chi connectivity index (χ2v) is 6.03. The molecule has 124 valence electrons. The fourth-order valence-electron chi connectivity index (χ4n) is 2.73. The Kier molecular flexibility index (Phi) is 5.80. The van der Waals surface area contributed by atoms with Crippen LogP contribution in [0.4, 0.5) is 0 Å². The fraction of sp³-hybridized carbons (Fsp3) is 0.412. The molecule has 0 radical (unpaired) electrons. The van der Waals surface area contributed by atoms with Crippen LogP contribution < -0.4 is 5.32 Å². The minimum absolute atomic E-state index is 0. The first kappa shape index (κ1) is 17.5. The van der Waals surface area contributed by atoms with Gasteiger partial charge in [-0.1, -0.05) is 25.1 Å². The summed E-state index contributed by atoms with van der Waals surface area (Å²) in [6.45, 7) is 4.52. The molecule has 1 aliphatic rings. The summed E-state index contributed by atoms with van der Waals surface area (Å²) in [7, 11) is 1.87. The number of hydrogen-bond donors (Lipinski definition) is 1. The van der Waals surface area contributed by atoms with Gasteiger partial charge >= 0.3 is 0 Å². The van der Waals surface area contributed by atoms with Crippen molar-refractivity contribution in [3.63, 3.8) is 0 Å². The predicted molar refractivity (Wildman–Crippen MR) is 92.8 cm³/mol. The smallest absolute Gasteiger partial charge is 0.225 e. The number of nitrogens with zero attached hydrogens (tertiary/aromatic N) is 3. The summed E-state index contributed by atoms with van der Waals surface area (Å²) in [5.41, 5.74) is 2.07. The molecule has 23 heavy (non-hydrogen) atoms. The van der Waals surface area contributed by atoms with Crippen molar-refractivity contribution in [1.29, 1.82) is 0 Å². The van der Waals surface area contributed by atoms with Crippen LogP contribution in [0.5, 0.6) is 0 Å². The highest BCUT2D eigenvalue weighted by molar-refractivity contribution is 5.85. The molecule has 3 rings (SSSR count). The summed E-state index contributed by atoms with van der Waals surface area (Å²) in [5, 5.41) is 7.60. The number of carbonyl (C=O) groups is 1. The number of amides is 1. The molecular formula is C17H23ClN4O. The number of hydrogen-bond acceptors (Lipinski definition) is 3. The lowest BCUT2D eigenvalue weighted by Gasteiger charge is -2.33. The Bertz CT molecular complexity index is 639. The number of rotatable bonds is 5. The molecule has 2 aromatic rings. The summed E-state index contributed by atoms with van der Waals surface area (Å²) in [5.74, 6) is 0.761. The first-order valence-corrected chi connectivity index (χ1v) is 7.70. The highest BCUT2D eigenvalue weighted by Crippen LogP contribution is 2.19. The van der Waals surface area contributed by atoms with E-state index in [2.05, 4.69) is 10.4 Å². The summed E-state index contributed by atoms with van der Waals surface area (Å²) >= 11 is 0. The van der Waals surface area contributed by atoms with Crippen molar-refractivity contribution in [2.45, 2.75) is 13.5 Å². The van der Waals surface area contributed by atoms with Gasteiger partial charge in [-0.3, -0.25) is 4.79 Å². The van der Waals surface area contributed by atoms with Crippen LogP contribution in [-0.4, -0.2) is 40.7 Å². The number of nitrogens with one attached hydrogen (secondary N) is 1. The Labute approximate surface area is 143 Å². The molecule has 1 N–H and O–H groups in total. The van der Waals surface area contributed by atoms with Crippen molar-refractivity contribution in [3.8, 4) is 5.69 Å². The van der Waals surface area contributed by atoms with Crippen LogP contribution in [0, 0.1) is 11.8 Å². The van der Waals surface area contributed by atoms with E-state index in [0.29, 0.717) is 12.5 Å². The summed E-state index contributed by atoms with van der Waals surface area (Å²) in [4.78, 5) is 14.2. The van der Waals surface area contributed by atoms with Gasteiger partial charge in [0, 0.05) is 31.3 Å². The number of carbonyl (C=O) groups excluding carboxylic acids is 1. The lowest BCUT2D eigenvalue weighted by molar-refractivity contribution is -0.136. The zero-order chi connectivity index (χ0) is 15.5. The number of halogens is 1. The van der Waals surface area contributed by atoms with Crippen molar-refractivity contribution in [1.82, 2.24) is 20.0 Å². The normalized spacial score (nSPS) is 15.4. The third-order valence-electron chi connectivity index (χ3n) is 4.36. The van der Waals surface area contributed by atoms with Gasteiger partial charge in [-0.15, -0.1) is 12.4 Å². The van der Waals surface area contributed by atoms with E-state index in [1.165, 1.54) is 0 Å². The second kappa shape index (κ2) is 7.62. The van der Waals surface area contributed by atoms with Gasteiger partial charge in [0.2, 0.25) is 5.91 Å². The Hall–Kier alpha value is -1.85. The summed E-state index contributed by atoms with van der Waals surface area (Å²) in [6, 6.07) is 9.98. The van der Waals surface area contributed by atoms with E-state index in [1.54, 1.807) is 4.90 Å². The van der Waals surface area contributed by atoms with Crippen LogP contribution in [0.2, 0.25) is 0 Å². The van der Waals surface area contributed by atoms with Gasteiger partial charge in [-0.2, -0.15) is 5.10 Å². The molecule has 0 bridgehead atoms. The molecule has 1 amide bonds. The first-order valence-electron chi connectivity index (χ1n) is 7.70. The van der Waals surface area contributed by atoms with E-state index in [9.17, 15) is 4.79 Å². The van der Waals surface area contributed by atoms with Crippen LogP contribution in [0.3, 0.4) is 0 Å². The molecule has 1 aromatic heterocycles. The van der Waals surface area contributed by atoms with Crippen molar-refractivity contribution in [2.24, 2.45) is 11.8 Å². The van der Waals surface area contributed by atoms with Gasteiger partial charge in [-0.25, -0.2) is 4.68 Å². The number of para-hydroxylation sites is 1. The fourth-order valence-corrected chi connectivity index (χ4v) is 2.73. The lowest BCUT2D eigenvalue weighted by Crippen LogP contribution is -2.49. The predicted octanol–water partition coefficient (Wildman–Crippen LogP) is 2.11. The van der Waals surface area contributed by atoms with E-state index < -0.39 is 0 Å². The van der Waals surface area contributed by atoms with Gasteiger partial charge in [-0.05, 0) is 31.1 Å². The molecular weight excluding hydrogens is 312 g/mol. The standard InChI is InChI=1S/C17H22N4O.ClH/c1-13(15-9-18-10-15)17(22)20(2)11-14-8-19-21(12-14)16-6-4-3-5-7-16;/h3-8,12-13,15,18H,9-11H2,1-2H3;1H. The quantitative estimate of drug-likeness (QED) is 0.911. The van der Waals surface area contributed by atoms with Crippen LogP contribution in [0.1, 0.15) is 12.5 Å². The van der Waals surface area contributed by atoms with Gasteiger partial charge < -0.3 is 10.2 Å². The highest BCUT2D eigenvalue weighted by Gasteiger charge is 2.30. The zero-order valence-corrected chi connectivity index (χ0v) is 14.3. The SMILES string of the molecule is CC(C(=O)N(C)Cc1cnn(-c2ccccc2)c1)C1CNC1.Cl. The molecule has 2 heterocycles. The lowest BCUT2D eigenvalue weighted by atomic mass is 9.88. The maximum atomic E-state index is 12.4. The highest BCUT2D eigenvalue weighted by atomic mass is 35.5. The summed E-state index contributed by atoms with van der Waals surface area (Å²) < 4.78 is 1.84. The van der Waals surface area contributed by atoms with E-state index in [4.69, 9.17) is 0 Å². The van der Waals surface area contributed by atoms with E-state index in [-0.39, 0.29) is 24.2 Å². The molecule has 1 saturated heterocycles. The molecule has 1 atom stereocenters. The van der Waals surface area contributed by atoms with Crippen molar-refractivity contribution >= 4 is 18.3 Å². The van der Waals surface area contributed by atoms with Crippen molar-refractivity contribution in [3.05, 3.63) is 48.3 Å². The van der Waals surface area contributed by atoms with Crippen molar-refractivity contribution < 1.29 is 4.79 Å². The van der Waals surface area contributed by atoms with Gasteiger partial charge in [0.25, 0.3) is 0 Å². The van der Waals surface area contributed by atoms with Gasteiger partial charge in [0.15, 0.2) is 0 Å². The van der Waals surface area contributed by atoms with Crippen LogP contribution in [-0.2, 0) is 11.3 Å². The molecule has 0 spiro atoms. The van der Waals surface area contributed by atoms with E-state index in [1.807, 2.05) is 61.4 Å². The van der Waals surface area contributed by atoms with Gasteiger partial charge in [0.1, 0.15) is 0 Å². The Morgan fingerprint density at radius 1 is 1.39 bits per heavy atom. The second-order valence-electron chi connectivity index (χ2n) is 6.03. The first-order chi connectivity index (χ1) is 10.6. The Balaban J connectivity index is 0.00000192. The molecule has 1 aliphatic heterocycles.